The second kappa shape index (κ2) is 28.7. The maximum atomic E-state index is 11.1. The van der Waals surface area contributed by atoms with Crippen molar-refractivity contribution >= 4 is 16.6 Å². The van der Waals surface area contributed by atoms with Gasteiger partial charge in [0.1, 0.15) is 0 Å². The molecule has 0 unspecified atom stereocenters. The molecule has 0 saturated carbocycles. The van der Waals surface area contributed by atoms with Gasteiger partial charge in [-0.1, -0.05) is 181 Å². The lowest BCUT2D eigenvalue weighted by Gasteiger charge is -2.41. The summed E-state index contributed by atoms with van der Waals surface area (Å²) in [5.74, 6) is 0. The normalized spacial score (nSPS) is 18.6. The average molecular weight is 845 g/mol. The zero-order chi connectivity index (χ0) is 42.9. The van der Waals surface area contributed by atoms with Crippen molar-refractivity contribution in [2.24, 2.45) is 0 Å². The van der Waals surface area contributed by atoms with Crippen molar-refractivity contribution in [3.63, 3.8) is 0 Å². The second-order valence-electron chi connectivity index (χ2n) is 21.0. The molecule has 0 amide bonds. The number of benzene rings is 1. The van der Waals surface area contributed by atoms with Gasteiger partial charge in [-0.2, -0.15) is 0 Å². The van der Waals surface area contributed by atoms with Crippen molar-refractivity contribution in [1.82, 2.24) is 0 Å². The van der Waals surface area contributed by atoms with Gasteiger partial charge in [-0.05, 0) is 99.6 Å². The van der Waals surface area contributed by atoms with Gasteiger partial charge in [0.05, 0.1) is 43.7 Å². The van der Waals surface area contributed by atoms with E-state index in [1.807, 2.05) is 0 Å². The molecular formula is C51H96O5Si2. The van der Waals surface area contributed by atoms with Crippen LogP contribution in [-0.2, 0) is 24.9 Å². The Morgan fingerprint density at radius 1 is 0.638 bits per heavy atom. The van der Waals surface area contributed by atoms with E-state index in [4.69, 9.17) is 18.3 Å². The second-order valence-corrected chi connectivity index (χ2v) is 30.5. The summed E-state index contributed by atoms with van der Waals surface area (Å²) in [7, 11) is -3.77. The molecule has 1 aliphatic heterocycles. The molecule has 5 nitrogen and oxygen atoms in total. The van der Waals surface area contributed by atoms with Crippen LogP contribution < -0.4 is 0 Å². The third-order valence-corrected chi connectivity index (χ3v) is 22.7. The van der Waals surface area contributed by atoms with Gasteiger partial charge in [-0.3, -0.25) is 0 Å². The number of hydrogen-bond acceptors (Lipinski definition) is 5. The highest BCUT2D eigenvalue weighted by Gasteiger charge is 2.43. The van der Waals surface area contributed by atoms with Gasteiger partial charge in [-0.25, -0.2) is 0 Å². The first-order valence-corrected chi connectivity index (χ1v) is 30.2. The van der Waals surface area contributed by atoms with Crippen LogP contribution in [0.25, 0.3) is 0 Å². The maximum Gasteiger partial charge on any atom is 0.192 e. The van der Waals surface area contributed by atoms with Crippen LogP contribution in [-0.4, -0.2) is 58.9 Å². The van der Waals surface area contributed by atoms with Crippen molar-refractivity contribution < 1.29 is 23.4 Å². The van der Waals surface area contributed by atoms with E-state index in [9.17, 15) is 5.11 Å². The van der Waals surface area contributed by atoms with Crippen LogP contribution >= 0.6 is 0 Å². The molecular weight excluding hydrogens is 749 g/mol. The zero-order valence-corrected chi connectivity index (χ0v) is 42.2. The van der Waals surface area contributed by atoms with Crippen molar-refractivity contribution in [1.29, 1.82) is 0 Å². The molecule has 1 saturated heterocycles. The molecule has 5 atom stereocenters. The van der Waals surface area contributed by atoms with Crippen LogP contribution in [0.3, 0.4) is 0 Å². The fourth-order valence-electron chi connectivity index (χ4n) is 7.64. The SMILES string of the molecule is CCCCCCCCCCCC[C@@H](O[Si](C)(C)C(C)(C)C)[C@H]1CC[C@H]([C@H](O)CCC/C=C\CCCCCCC[C@H](COCc2ccccc2)O[Si](C)(C)C(C)(C)C)O1. The molecule has 0 spiro atoms. The number of aliphatic hydroxyl groups excluding tert-OH is 1. The molecule has 1 fully saturated rings. The Morgan fingerprint density at radius 3 is 1.72 bits per heavy atom. The highest BCUT2D eigenvalue weighted by Crippen LogP contribution is 2.40. The molecule has 0 radical (unpaired) electrons. The predicted molar refractivity (Wildman–Crippen MR) is 256 cm³/mol. The lowest BCUT2D eigenvalue weighted by molar-refractivity contribution is -0.0749. The summed E-state index contributed by atoms with van der Waals surface area (Å²) in [6.45, 7) is 27.0. The van der Waals surface area contributed by atoms with Crippen molar-refractivity contribution in [2.75, 3.05) is 6.61 Å². The Balaban J connectivity index is 1.64. The average Bonchev–Trinajstić information content (AvgIpc) is 3.65. The first-order valence-electron chi connectivity index (χ1n) is 24.4. The smallest absolute Gasteiger partial charge is 0.192 e. The lowest BCUT2D eigenvalue weighted by Crippen LogP contribution is -2.47. The Labute approximate surface area is 362 Å². The monoisotopic (exact) mass is 845 g/mol. The van der Waals surface area contributed by atoms with Crippen LogP contribution in [0.1, 0.15) is 202 Å². The van der Waals surface area contributed by atoms with Crippen molar-refractivity contribution in [3.05, 3.63) is 48.0 Å². The predicted octanol–water partition coefficient (Wildman–Crippen LogP) is 15.7. The number of unbranched alkanes of at least 4 members (excludes halogenated alkanes) is 15. The molecule has 1 aromatic rings. The van der Waals surface area contributed by atoms with E-state index in [0.29, 0.717) is 13.2 Å². The first-order chi connectivity index (χ1) is 27.5. The van der Waals surface area contributed by atoms with E-state index in [-0.39, 0.29) is 40.6 Å². The van der Waals surface area contributed by atoms with E-state index in [1.165, 1.54) is 102 Å². The molecule has 7 heteroatoms. The molecule has 338 valence electrons. The van der Waals surface area contributed by atoms with Gasteiger partial charge in [0.25, 0.3) is 0 Å². The molecule has 58 heavy (non-hydrogen) atoms. The minimum Gasteiger partial charge on any atom is -0.412 e. The van der Waals surface area contributed by atoms with Crippen LogP contribution in [0.5, 0.6) is 0 Å². The molecule has 1 heterocycles. The summed E-state index contributed by atoms with van der Waals surface area (Å²) < 4.78 is 26.7. The lowest BCUT2D eigenvalue weighted by atomic mass is 10.0. The maximum absolute atomic E-state index is 11.1. The quantitative estimate of drug-likeness (QED) is 0.0434. The number of rotatable bonds is 33. The van der Waals surface area contributed by atoms with E-state index in [1.54, 1.807) is 0 Å². The van der Waals surface area contributed by atoms with Crippen LogP contribution in [0.2, 0.25) is 36.3 Å². The molecule has 2 rings (SSSR count). The third-order valence-electron chi connectivity index (χ3n) is 13.6. The number of hydrogen-bond donors (Lipinski definition) is 1. The summed E-state index contributed by atoms with van der Waals surface area (Å²) in [5.41, 5.74) is 1.22. The summed E-state index contributed by atoms with van der Waals surface area (Å²) in [6.07, 6.45) is 32.6. The van der Waals surface area contributed by atoms with Gasteiger partial charge in [0.15, 0.2) is 16.6 Å². The Hall–Kier alpha value is -0.806. The molecule has 1 aromatic carbocycles. The van der Waals surface area contributed by atoms with Gasteiger partial charge < -0.3 is 23.4 Å². The minimum atomic E-state index is -1.92. The largest absolute Gasteiger partial charge is 0.412 e. The Bertz CT molecular complexity index is 1170. The zero-order valence-electron chi connectivity index (χ0n) is 40.2. The third kappa shape index (κ3) is 22.3. The number of aliphatic hydroxyl groups is 1. The minimum absolute atomic E-state index is 0.0529. The Morgan fingerprint density at radius 2 is 1.14 bits per heavy atom. The van der Waals surface area contributed by atoms with E-state index >= 15 is 0 Å². The van der Waals surface area contributed by atoms with Gasteiger partial charge in [0.2, 0.25) is 0 Å². The van der Waals surface area contributed by atoms with Crippen molar-refractivity contribution in [3.8, 4) is 0 Å². The summed E-state index contributed by atoms with van der Waals surface area (Å²) in [5, 5.41) is 11.5. The van der Waals surface area contributed by atoms with Gasteiger partial charge in [0, 0.05) is 0 Å². The van der Waals surface area contributed by atoms with E-state index in [2.05, 4.69) is 117 Å². The Kier molecular flexibility index (Phi) is 26.4. The molecule has 1 aliphatic rings. The first kappa shape index (κ1) is 53.3. The fourth-order valence-corrected chi connectivity index (χ4v) is 10.4. The molecule has 0 aromatic heterocycles. The fraction of sp³-hybridized carbons (Fsp3) is 0.843. The summed E-state index contributed by atoms with van der Waals surface area (Å²) in [6, 6.07) is 10.5. The van der Waals surface area contributed by atoms with Gasteiger partial charge >= 0.3 is 0 Å². The van der Waals surface area contributed by atoms with Crippen LogP contribution in [0, 0.1) is 0 Å². The van der Waals surface area contributed by atoms with E-state index in [0.717, 1.165) is 51.4 Å². The standard InChI is InChI=1S/C51H96O5Si2/c1-12-13-14-15-16-17-22-25-28-34-39-49(56-58(10,11)51(5,6)7)48-41-40-47(54-48)46(52)38-33-27-24-21-19-18-20-23-26-32-37-45(55-57(8,9)50(2,3)4)43-53-42-44-35-30-29-31-36-44/h21,24,29-31,35-36,45-49,52H,12-20,22-23,25-28,32-34,37-43H2,1-11H3/b24-21-/t45-,46-,47-,48-,49-/m1/s1. The molecule has 0 bridgehead atoms. The molecule has 0 aliphatic carbocycles. The van der Waals surface area contributed by atoms with Crippen LogP contribution in [0.15, 0.2) is 42.5 Å². The van der Waals surface area contributed by atoms with E-state index < -0.39 is 16.6 Å². The molecule has 1 N–H and O–H groups in total. The van der Waals surface area contributed by atoms with Gasteiger partial charge in [-0.15, -0.1) is 0 Å². The highest BCUT2D eigenvalue weighted by molar-refractivity contribution is 6.74. The number of ether oxygens (including phenoxy) is 2. The topological polar surface area (TPSA) is 57.2 Å². The summed E-state index contributed by atoms with van der Waals surface area (Å²) in [4.78, 5) is 0. The number of allylic oxidation sites excluding steroid dienone is 2. The van der Waals surface area contributed by atoms with Crippen LogP contribution in [0.4, 0.5) is 0 Å². The summed E-state index contributed by atoms with van der Waals surface area (Å²) >= 11 is 0. The highest BCUT2D eigenvalue weighted by atomic mass is 28.4. The van der Waals surface area contributed by atoms with Crippen molar-refractivity contribution in [2.45, 2.75) is 270 Å².